The van der Waals surface area contributed by atoms with Gasteiger partial charge in [0, 0.05) is 0 Å². The summed E-state index contributed by atoms with van der Waals surface area (Å²) in [4.78, 5) is 21.1. The Balaban J connectivity index is 0.000000686. The molecular weight excluding hydrogens is 232 g/mol. The number of hydrogen-bond acceptors (Lipinski definition) is 7. The number of carbonyl (C=O) groups is 2. The number of ether oxygens (including phenoxy) is 5. The Morgan fingerprint density at radius 2 is 1.41 bits per heavy atom. The summed E-state index contributed by atoms with van der Waals surface area (Å²) in [5, 5.41) is 0. The van der Waals surface area contributed by atoms with Gasteiger partial charge in [-0.25, -0.2) is 9.59 Å². The van der Waals surface area contributed by atoms with Crippen LogP contribution in [0, 0.1) is 0 Å². The van der Waals surface area contributed by atoms with E-state index < -0.39 is 12.3 Å². The fraction of sp³-hybridized carbons (Fsp3) is 0.800. The number of hydrogen-bond donors (Lipinski definition) is 0. The van der Waals surface area contributed by atoms with Crippen LogP contribution >= 0.6 is 0 Å². The van der Waals surface area contributed by atoms with E-state index in [9.17, 15) is 9.59 Å². The zero-order valence-corrected chi connectivity index (χ0v) is 9.84. The highest BCUT2D eigenvalue weighted by atomic mass is 16.8. The Morgan fingerprint density at radius 3 is 1.71 bits per heavy atom. The molecule has 2 saturated heterocycles. The SMILES string of the molecule is CC.O=C1OCC(COCC2COC(=O)O2)O1. The van der Waals surface area contributed by atoms with E-state index in [0.29, 0.717) is 0 Å². The zero-order chi connectivity index (χ0) is 12.7. The number of carbonyl (C=O) groups excluding carboxylic acids is 2. The highest BCUT2D eigenvalue weighted by Gasteiger charge is 2.28. The molecule has 0 amide bonds. The van der Waals surface area contributed by atoms with E-state index >= 15 is 0 Å². The Bertz CT molecular complexity index is 239. The molecule has 0 bridgehead atoms. The molecule has 0 spiro atoms. The van der Waals surface area contributed by atoms with Crippen molar-refractivity contribution in [2.24, 2.45) is 0 Å². The molecule has 7 nitrogen and oxygen atoms in total. The summed E-state index contributed by atoms with van der Waals surface area (Å²) < 4.78 is 23.7. The second-order valence-corrected chi connectivity index (χ2v) is 3.14. The standard InChI is InChI=1S/C8H10O7.C2H6/c9-7-12-3-5(14-7)1-11-2-6-4-13-8(10)15-6;1-2/h5-6H,1-4H2;1-2H3. The summed E-state index contributed by atoms with van der Waals surface area (Å²) in [6, 6.07) is 0. The predicted molar refractivity (Wildman–Crippen MR) is 54.6 cm³/mol. The summed E-state index contributed by atoms with van der Waals surface area (Å²) >= 11 is 0. The molecule has 0 aliphatic carbocycles. The normalized spacial score (nSPS) is 26.2. The Kier molecular flexibility index (Phi) is 5.55. The molecule has 2 heterocycles. The van der Waals surface area contributed by atoms with Gasteiger partial charge in [0.25, 0.3) is 0 Å². The first-order valence-corrected chi connectivity index (χ1v) is 5.48. The van der Waals surface area contributed by atoms with Crippen molar-refractivity contribution in [2.45, 2.75) is 26.1 Å². The Hall–Kier alpha value is -1.50. The van der Waals surface area contributed by atoms with Gasteiger partial charge in [-0.3, -0.25) is 0 Å². The molecule has 17 heavy (non-hydrogen) atoms. The molecule has 0 saturated carbocycles. The summed E-state index contributed by atoms with van der Waals surface area (Å²) in [5.74, 6) is 0. The van der Waals surface area contributed by atoms with Crippen LogP contribution in [0.4, 0.5) is 9.59 Å². The van der Waals surface area contributed by atoms with Crippen molar-refractivity contribution in [3.05, 3.63) is 0 Å². The van der Waals surface area contributed by atoms with Crippen molar-refractivity contribution in [3.8, 4) is 0 Å². The largest absolute Gasteiger partial charge is 0.508 e. The molecule has 2 aliphatic rings. The van der Waals surface area contributed by atoms with Crippen LogP contribution in [0.15, 0.2) is 0 Å². The van der Waals surface area contributed by atoms with Gasteiger partial charge in [-0.1, -0.05) is 13.8 Å². The van der Waals surface area contributed by atoms with Crippen LogP contribution < -0.4 is 0 Å². The molecular formula is C10H16O7. The van der Waals surface area contributed by atoms with Gasteiger partial charge in [-0.2, -0.15) is 0 Å². The molecule has 2 fully saturated rings. The minimum absolute atomic E-state index is 0.194. The Labute approximate surface area is 98.9 Å². The van der Waals surface area contributed by atoms with Crippen LogP contribution in [0.3, 0.4) is 0 Å². The van der Waals surface area contributed by atoms with Crippen LogP contribution in [0.2, 0.25) is 0 Å². The summed E-state index contributed by atoms with van der Waals surface area (Å²) in [7, 11) is 0. The average Bonchev–Trinajstić information content (AvgIpc) is 2.91. The summed E-state index contributed by atoms with van der Waals surface area (Å²) in [5.41, 5.74) is 0. The van der Waals surface area contributed by atoms with Gasteiger partial charge in [0.2, 0.25) is 0 Å². The van der Waals surface area contributed by atoms with Gasteiger partial charge in [0.1, 0.15) is 13.2 Å². The first-order valence-electron chi connectivity index (χ1n) is 5.48. The molecule has 2 aliphatic heterocycles. The fourth-order valence-corrected chi connectivity index (χ4v) is 1.23. The van der Waals surface area contributed by atoms with E-state index in [1.807, 2.05) is 13.8 Å². The topological polar surface area (TPSA) is 80.3 Å². The second kappa shape index (κ2) is 6.95. The maximum atomic E-state index is 10.5. The Morgan fingerprint density at radius 1 is 1.00 bits per heavy atom. The van der Waals surface area contributed by atoms with Gasteiger partial charge in [0.15, 0.2) is 12.2 Å². The van der Waals surface area contributed by atoms with Crippen molar-refractivity contribution in [3.63, 3.8) is 0 Å². The third-order valence-electron chi connectivity index (χ3n) is 1.91. The van der Waals surface area contributed by atoms with E-state index in [-0.39, 0.29) is 38.6 Å². The lowest BCUT2D eigenvalue weighted by atomic mass is 10.4. The zero-order valence-electron chi connectivity index (χ0n) is 9.84. The van der Waals surface area contributed by atoms with Crippen LogP contribution in [0.25, 0.3) is 0 Å². The smallest absolute Gasteiger partial charge is 0.430 e. The van der Waals surface area contributed by atoms with Crippen molar-refractivity contribution in [2.75, 3.05) is 26.4 Å². The molecule has 0 radical (unpaired) electrons. The lowest BCUT2D eigenvalue weighted by molar-refractivity contribution is 0.00731. The van der Waals surface area contributed by atoms with Crippen molar-refractivity contribution in [1.82, 2.24) is 0 Å². The molecule has 2 rings (SSSR count). The first-order chi connectivity index (χ1) is 8.24. The predicted octanol–water partition coefficient (Wildman–Crippen LogP) is 1.10. The number of cyclic esters (lactones) is 4. The third-order valence-corrected chi connectivity index (χ3v) is 1.91. The van der Waals surface area contributed by atoms with Crippen molar-refractivity contribution in [1.29, 1.82) is 0 Å². The third kappa shape index (κ3) is 4.48. The fourth-order valence-electron chi connectivity index (χ4n) is 1.23. The lowest BCUT2D eigenvalue weighted by Gasteiger charge is -2.09. The van der Waals surface area contributed by atoms with E-state index in [1.54, 1.807) is 0 Å². The monoisotopic (exact) mass is 248 g/mol. The quantitative estimate of drug-likeness (QED) is 0.689. The highest BCUT2D eigenvalue weighted by molar-refractivity contribution is 5.62. The van der Waals surface area contributed by atoms with Gasteiger partial charge >= 0.3 is 12.3 Å². The molecule has 2 atom stereocenters. The van der Waals surface area contributed by atoms with Gasteiger partial charge in [-0.15, -0.1) is 0 Å². The molecule has 0 aromatic carbocycles. The molecule has 0 aromatic heterocycles. The van der Waals surface area contributed by atoms with Crippen LogP contribution in [-0.4, -0.2) is 50.9 Å². The van der Waals surface area contributed by atoms with E-state index in [0.717, 1.165) is 0 Å². The minimum Gasteiger partial charge on any atom is -0.430 e. The maximum Gasteiger partial charge on any atom is 0.508 e. The second-order valence-electron chi connectivity index (χ2n) is 3.14. The van der Waals surface area contributed by atoms with Gasteiger partial charge in [0.05, 0.1) is 13.2 Å². The summed E-state index contributed by atoms with van der Waals surface area (Å²) in [6.07, 6.45) is -2.12. The van der Waals surface area contributed by atoms with Crippen LogP contribution in [0.5, 0.6) is 0 Å². The van der Waals surface area contributed by atoms with Crippen molar-refractivity contribution >= 4 is 12.3 Å². The van der Waals surface area contributed by atoms with Crippen LogP contribution in [0.1, 0.15) is 13.8 Å². The van der Waals surface area contributed by atoms with Crippen LogP contribution in [-0.2, 0) is 23.7 Å². The summed E-state index contributed by atoms with van der Waals surface area (Å²) in [6.45, 7) is 4.83. The first kappa shape index (κ1) is 13.6. The number of rotatable bonds is 4. The highest BCUT2D eigenvalue weighted by Crippen LogP contribution is 2.09. The molecule has 2 unspecified atom stereocenters. The minimum atomic E-state index is -0.681. The molecule has 0 aromatic rings. The van der Waals surface area contributed by atoms with E-state index in [2.05, 4.69) is 9.47 Å². The lowest BCUT2D eigenvalue weighted by Crippen LogP contribution is -2.24. The van der Waals surface area contributed by atoms with E-state index in [1.165, 1.54) is 0 Å². The van der Waals surface area contributed by atoms with Gasteiger partial charge < -0.3 is 23.7 Å². The maximum absolute atomic E-state index is 10.5. The molecule has 7 heteroatoms. The van der Waals surface area contributed by atoms with E-state index in [4.69, 9.17) is 14.2 Å². The van der Waals surface area contributed by atoms with Crippen molar-refractivity contribution < 1.29 is 33.3 Å². The molecule has 98 valence electrons. The molecule has 0 N–H and O–H groups in total. The average molecular weight is 248 g/mol. The van der Waals surface area contributed by atoms with Gasteiger partial charge in [-0.05, 0) is 0 Å².